The summed E-state index contributed by atoms with van der Waals surface area (Å²) in [5.41, 5.74) is 0.0906. The molecular weight excluding hydrogens is 471 g/mol. The molecule has 3 atom stereocenters. The number of aliphatic carboxylic acids is 1. The smallest absolute Gasteiger partial charge is 0.491 e. The molecular formula is C24H26F3NO5S. The molecule has 0 fully saturated rings. The lowest BCUT2D eigenvalue weighted by molar-refractivity contribution is -0.274. The number of ether oxygens (including phenoxy) is 2. The Morgan fingerprint density at radius 2 is 1.82 bits per heavy atom. The number of halogens is 3. The summed E-state index contributed by atoms with van der Waals surface area (Å²) in [5.74, 6) is -1.64. The number of carboxylic acid groups (broad SMARTS) is 1. The number of alkyl halides is 3. The highest BCUT2D eigenvalue weighted by atomic mass is 32.2. The summed E-state index contributed by atoms with van der Waals surface area (Å²) in [6.07, 6.45) is 0.789. The van der Waals surface area contributed by atoms with Crippen molar-refractivity contribution < 1.29 is 37.3 Å². The maximum absolute atomic E-state index is 13.1. The van der Waals surface area contributed by atoms with Crippen LogP contribution in [0.15, 0.2) is 58.7 Å². The molecule has 1 aromatic rings. The molecule has 0 spiro atoms. The highest BCUT2D eigenvalue weighted by Gasteiger charge is 2.38. The predicted octanol–water partition coefficient (Wildman–Crippen LogP) is 5.18. The van der Waals surface area contributed by atoms with Gasteiger partial charge in [0.1, 0.15) is 24.2 Å². The standard InChI is InChI=1S/C24H26F3NO5S/c1-13-11-15-7-10-17(21(29)28-20(22(30)31)23(2,3)4)18(19(15)34-13)32-12-14-5-8-16(9-6-14)33-24(25,26)27/h5-11,15,19-20H,12H2,1-4H3,(H,28,29)(H,30,31)/t15?,19?,20-/m1/s1. The van der Waals surface area contributed by atoms with E-state index in [2.05, 4.69) is 16.1 Å². The second-order valence-electron chi connectivity index (χ2n) is 9.12. The Balaban J connectivity index is 1.83. The highest BCUT2D eigenvalue weighted by Crippen LogP contribution is 2.45. The SMILES string of the molecule is CC1=CC2C=CC(C(=O)N[C@H](C(=O)O)C(C)(C)C)=C(OCc3ccc(OC(F)(F)F)cc3)C2S1. The van der Waals surface area contributed by atoms with Gasteiger partial charge in [-0.05, 0) is 41.0 Å². The summed E-state index contributed by atoms with van der Waals surface area (Å²) in [4.78, 5) is 25.9. The molecule has 1 aliphatic heterocycles. The fraction of sp³-hybridized carbons (Fsp3) is 0.417. The third-order valence-corrected chi connectivity index (χ3v) is 6.57. The molecule has 1 aromatic carbocycles. The lowest BCUT2D eigenvalue weighted by atomic mass is 9.86. The second kappa shape index (κ2) is 9.77. The summed E-state index contributed by atoms with van der Waals surface area (Å²) in [5, 5.41) is 12.0. The minimum atomic E-state index is -4.78. The maximum atomic E-state index is 13.1. The molecule has 2 aliphatic rings. The van der Waals surface area contributed by atoms with Crippen molar-refractivity contribution in [1.82, 2.24) is 5.32 Å². The summed E-state index contributed by atoms with van der Waals surface area (Å²) < 4.78 is 47.1. The number of allylic oxidation sites excluding steroid dienone is 3. The molecule has 0 aromatic heterocycles. The number of thioether (sulfide) groups is 1. The van der Waals surface area contributed by atoms with E-state index < -0.39 is 29.7 Å². The minimum Gasteiger partial charge on any atom is -0.491 e. The number of carboxylic acids is 1. The normalized spacial score (nSPS) is 21.0. The molecule has 2 unspecified atom stereocenters. The number of carbonyl (C=O) groups is 2. The maximum Gasteiger partial charge on any atom is 0.573 e. The van der Waals surface area contributed by atoms with Gasteiger partial charge in [-0.25, -0.2) is 4.79 Å². The average molecular weight is 498 g/mol. The van der Waals surface area contributed by atoms with Gasteiger partial charge >= 0.3 is 12.3 Å². The van der Waals surface area contributed by atoms with Gasteiger partial charge in [-0.3, -0.25) is 4.79 Å². The summed E-state index contributed by atoms with van der Waals surface area (Å²) in [7, 11) is 0. The molecule has 34 heavy (non-hydrogen) atoms. The molecule has 3 rings (SSSR count). The lowest BCUT2D eigenvalue weighted by Gasteiger charge is -2.30. The monoisotopic (exact) mass is 497 g/mol. The van der Waals surface area contributed by atoms with Crippen molar-refractivity contribution in [2.24, 2.45) is 11.3 Å². The van der Waals surface area contributed by atoms with Gasteiger partial charge in [-0.1, -0.05) is 45.1 Å². The zero-order chi connectivity index (χ0) is 25.3. The van der Waals surface area contributed by atoms with E-state index in [9.17, 15) is 27.9 Å². The molecule has 0 saturated heterocycles. The molecule has 1 heterocycles. The van der Waals surface area contributed by atoms with Crippen molar-refractivity contribution in [1.29, 1.82) is 0 Å². The zero-order valence-electron chi connectivity index (χ0n) is 19.1. The van der Waals surface area contributed by atoms with Gasteiger partial charge in [0.2, 0.25) is 0 Å². The van der Waals surface area contributed by atoms with Gasteiger partial charge < -0.3 is 19.9 Å². The van der Waals surface area contributed by atoms with E-state index in [1.807, 2.05) is 13.0 Å². The summed E-state index contributed by atoms with van der Waals surface area (Å²) >= 11 is 1.54. The van der Waals surface area contributed by atoms with Crippen LogP contribution in [0.3, 0.4) is 0 Å². The van der Waals surface area contributed by atoms with Crippen LogP contribution >= 0.6 is 11.8 Å². The van der Waals surface area contributed by atoms with Crippen molar-refractivity contribution in [3.05, 3.63) is 64.3 Å². The summed E-state index contributed by atoms with van der Waals surface area (Å²) in [6.45, 7) is 7.12. The van der Waals surface area contributed by atoms with Gasteiger partial charge in [-0.15, -0.1) is 24.9 Å². The van der Waals surface area contributed by atoms with Crippen LogP contribution in [0.25, 0.3) is 0 Å². The first-order valence-corrected chi connectivity index (χ1v) is 11.4. The summed E-state index contributed by atoms with van der Waals surface area (Å²) in [6, 6.07) is 4.16. The van der Waals surface area contributed by atoms with Gasteiger partial charge in [0.15, 0.2) is 0 Å². The van der Waals surface area contributed by atoms with Crippen molar-refractivity contribution in [3.63, 3.8) is 0 Å². The van der Waals surface area contributed by atoms with E-state index in [-0.39, 0.29) is 29.1 Å². The van der Waals surface area contributed by atoms with Gasteiger partial charge in [0, 0.05) is 5.92 Å². The molecule has 2 N–H and O–H groups in total. The van der Waals surface area contributed by atoms with E-state index >= 15 is 0 Å². The van der Waals surface area contributed by atoms with Crippen LogP contribution in [-0.4, -0.2) is 34.6 Å². The number of fused-ring (bicyclic) bond motifs is 1. The van der Waals surface area contributed by atoms with Crippen molar-refractivity contribution in [2.45, 2.75) is 52.0 Å². The largest absolute Gasteiger partial charge is 0.573 e. The Morgan fingerprint density at radius 3 is 2.38 bits per heavy atom. The number of hydrogen-bond donors (Lipinski definition) is 2. The molecule has 6 nitrogen and oxygen atoms in total. The van der Waals surface area contributed by atoms with E-state index in [1.165, 1.54) is 36.0 Å². The van der Waals surface area contributed by atoms with Crippen LogP contribution in [-0.2, 0) is 20.9 Å². The van der Waals surface area contributed by atoms with Crippen LogP contribution in [0, 0.1) is 11.3 Å². The van der Waals surface area contributed by atoms with E-state index in [0.717, 1.165) is 4.91 Å². The van der Waals surface area contributed by atoms with E-state index in [1.54, 1.807) is 26.8 Å². The first kappa shape index (κ1) is 25.7. The first-order valence-electron chi connectivity index (χ1n) is 10.5. The average Bonchev–Trinajstić information content (AvgIpc) is 3.09. The third kappa shape index (κ3) is 6.37. The van der Waals surface area contributed by atoms with E-state index in [4.69, 9.17) is 4.74 Å². The topological polar surface area (TPSA) is 84.9 Å². The van der Waals surface area contributed by atoms with Crippen LogP contribution in [0.2, 0.25) is 0 Å². The number of rotatable bonds is 7. The van der Waals surface area contributed by atoms with Crippen molar-refractivity contribution >= 4 is 23.6 Å². The Morgan fingerprint density at radius 1 is 1.18 bits per heavy atom. The predicted molar refractivity (Wildman–Crippen MR) is 122 cm³/mol. The zero-order valence-corrected chi connectivity index (χ0v) is 19.9. The van der Waals surface area contributed by atoms with Crippen LogP contribution < -0.4 is 10.1 Å². The van der Waals surface area contributed by atoms with Gasteiger partial charge in [-0.2, -0.15) is 0 Å². The third-order valence-electron chi connectivity index (χ3n) is 5.28. The molecule has 184 valence electrons. The number of carbonyl (C=O) groups excluding carboxylic acids is 1. The molecule has 10 heteroatoms. The fourth-order valence-electron chi connectivity index (χ4n) is 3.66. The van der Waals surface area contributed by atoms with Gasteiger partial charge in [0.05, 0.1) is 10.8 Å². The van der Waals surface area contributed by atoms with Crippen molar-refractivity contribution in [2.75, 3.05) is 0 Å². The Hall–Kier alpha value is -2.88. The van der Waals surface area contributed by atoms with Crippen LogP contribution in [0.4, 0.5) is 13.2 Å². The first-order chi connectivity index (χ1) is 15.7. The number of amides is 1. The second-order valence-corrected chi connectivity index (χ2v) is 10.5. The number of benzene rings is 1. The molecule has 0 saturated carbocycles. The lowest BCUT2D eigenvalue weighted by Crippen LogP contribution is -2.49. The molecule has 0 bridgehead atoms. The molecule has 1 amide bonds. The fourth-order valence-corrected chi connectivity index (χ4v) is 4.92. The quantitative estimate of drug-likeness (QED) is 0.540. The van der Waals surface area contributed by atoms with E-state index in [0.29, 0.717) is 11.3 Å². The number of nitrogens with one attached hydrogen (secondary N) is 1. The van der Waals surface area contributed by atoms with Gasteiger partial charge in [0.25, 0.3) is 5.91 Å². The highest BCUT2D eigenvalue weighted by molar-refractivity contribution is 8.04. The molecule has 1 aliphatic carbocycles. The van der Waals surface area contributed by atoms with Crippen molar-refractivity contribution in [3.8, 4) is 5.75 Å². The Labute approximate surface area is 199 Å². The number of hydrogen-bond acceptors (Lipinski definition) is 5. The Kier molecular flexibility index (Phi) is 7.40. The minimum absolute atomic E-state index is 0.0106. The molecule has 0 radical (unpaired) electrons. The van der Waals surface area contributed by atoms with Crippen LogP contribution in [0.1, 0.15) is 33.3 Å². The van der Waals surface area contributed by atoms with Crippen LogP contribution in [0.5, 0.6) is 5.75 Å². The Bertz CT molecular complexity index is 1040.